The highest BCUT2D eigenvalue weighted by molar-refractivity contribution is 7.18. The molecule has 3 aromatic rings. The van der Waals surface area contributed by atoms with Gasteiger partial charge in [0.15, 0.2) is 0 Å². The molecule has 0 spiro atoms. The molecule has 1 unspecified atom stereocenters. The van der Waals surface area contributed by atoms with E-state index in [9.17, 15) is 0 Å². The van der Waals surface area contributed by atoms with Gasteiger partial charge in [0, 0.05) is 17.3 Å². The number of benzene rings is 1. The number of aromatic nitrogens is 1. The minimum absolute atomic E-state index is 0.294. The number of hydrogen-bond acceptors (Lipinski definition) is 4. The van der Waals surface area contributed by atoms with Crippen LogP contribution in [0.15, 0.2) is 36.4 Å². The first-order valence-corrected chi connectivity index (χ1v) is 9.10. The van der Waals surface area contributed by atoms with E-state index >= 15 is 0 Å². The second-order valence-electron chi connectivity index (χ2n) is 4.93. The van der Waals surface area contributed by atoms with Crippen molar-refractivity contribution in [2.45, 2.75) is 25.8 Å². The molecule has 2 nitrogen and oxygen atoms in total. The number of thiazole rings is 1. The maximum absolute atomic E-state index is 6.08. The molecule has 0 bridgehead atoms. The van der Waals surface area contributed by atoms with E-state index in [-0.39, 0.29) is 0 Å². The van der Waals surface area contributed by atoms with Gasteiger partial charge in [-0.3, -0.25) is 0 Å². The SMILES string of the molecule is CCCNC(Cc1nc2ccccc2s1)c1ccc(Cl)s1. The van der Waals surface area contributed by atoms with E-state index in [0.29, 0.717) is 6.04 Å². The van der Waals surface area contributed by atoms with Gasteiger partial charge in [0.1, 0.15) is 0 Å². The Hall–Kier alpha value is -0.940. The van der Waals surface area contributed by atoms with Crippen molar-refractivity contribution in [3.8, 4) is 0 Å². The van der Waals surface area contributed by atoms with E-state index in [1.54, 1.807) is 22.7 Å². The zero-order valence-electron chi connectivity index (χ0n) is 11.8. The second-order valence-corrected chi connectivity index (χ2v) is 7.79. The van der Waals surface area contributed by atoms with Crippen LogP contribution in [0.25, 0.3) is 10.2 Å². The van der Waals surface area contributed by atoms with Gasteiger partial charge in [-0.1, -0.05) is 30.7 Å². The average Bonchev–Trinajstić information content (AvgIpc) is 3.08. The number of fused-ring (bicyclic) bond motifs is 1. The quantitative estimate of drug-likeness (QED) is 0.661. The van der Waals surface area contributed by atoms with Crippen molar-refractivity contribution in [3.63, 3.8) is 0 Å². The predicted molar refractivity (Wildman–Crippen MR) is 93.7 cm³/mol. The summed E-state index contributed by atoms with van der Waals surface area (Å²) in [5.41, 5.74) is 1.09. The molecule has 0 radical (unpaired) electrons. The van der Waals surface area contributed by atoms with Crippen LogP contribution in [0, 0.1) is 0 Å². The number of nitrogens with zero attached hydrogens (tertiary/aromatic N) is 1. The molecule has 0 amide bonds. The molecule has 2 aromatic heterocycles. The van der Waals surface area contributed by atoms with Gasteiger partial charge < -0.3 is 5.32 Å². The van der Waals surface area contributed by atoms with Crippen LogP contribution < -0.4 is 5.32 Å². The lowest BCUT2D eigenvalue weighted by Gasteiger charge is -2.15. The van der Waals surface area contributed by atoms with Crippen molar-refractivity contribution in [2.75, 3.05) is 6.54 Å². The lowest BCUT2D eigenvalue weighted by molar-refractivity contribution is 0.536. The minimum atomic E-state index is 0.294. The van der Waals surface area contributed by atoms with Crippen LogP contribution in [0.4, 0.5) is 0 Å². The Morgan fingerprint density at radius 2 is 2.05 bits per heavy atom. The summed E-state index contributed by atoms with van der Waals surface area (Å²) in [5.74, 6) is 0. The van der Waals surface area contributed by atoms with E-state index in [4.69, 9.17) is 16.6 Å². The Kier molecular flexibility index (Phi) is 4.91. The molecule has 21 heavy (non-hydrogen) atoms. The van der Waals surface area contributed by atoms with Crippen molar-refractivity contribution in [2.24, 2.45) is 0 Å². The normalized spacial score (nSPS) is 12.9. The first-order valence-electron chi connectivity index (χ1n) is 7.09. The largest absolute Gasteiger partial charge is 0.309 e. The van der Waals surface area contributed by atoms with Crippen LogP contribution in [0.1, 0.15) is 29.3 Å². The molecule has 0 aliphatic rings. The van der Waals surface area contributed by atoms with Gasteiger partial charge in [0.25, 0.3) is 0 Å². The Morgan fingerprint density at radius 1 is 1.19 bits per heavy atom. The smallest absolute Gasteiger partial charge is 0.0957 e. The molecular weight excluding hydrogens is 320 g/mol. The molecule has 0 saturated heterocycles. The van der Waals surface area contributed by atoms with Crippen LogP contribution in [0.5, 0.6) is 0 Å². The molecule has 2 heterocycles. The zero-order chi connectivity index (χ0) is 14.7. The number of thiophene rings is 1. The fourth-order valence-electron chi connectivity index (χ4n) is 2.29. The van der Waals surface area contributed by atoms with Crippen LogP contribution in [-0.2, 0) is 6.42 Å². The van der Waals surface area contributed by atoms with Crippen molar-refractivity contribution < 1.29 is 0 Å². The van der Waals surface area contributed by atoms with Gasteiger partial charge >= 0.3 is 0 Å². The summed E-state index contributed by atoms with van der Waals surface area (Å²) in [6.07, 6.45) is 2.03. The molecule has 0 aliphatic carbocycles. The van der Waals surface area contributed by atoms with Gasteiger partial charge in [-0.15, -0.1) is 22.7 Å². The van der Waals surface area contributed by atoms with Gasteiger partial charge in [0.2, 0.25) is 0 Å². The summed E-state index contributed by atoms with van der Waals surface area (Å²) >= 11 is 9.52. The zero-order valence-corrected chi connectivity index (χ0v) is 14.2. The van der Waals surface area contributed by atoms with E-state index in [1.165, 1.54) is 14.6 Å². The molecule has 1 atom stereocenters. The molecule has 5 heteroatoms. The van der Waals surface area contributed by atoms with Gasteiger partial charge in [-0.2, -0.15) is 0 Å². The second kappa shape index (κ2) is 6.88. The molecule has 1 N–H and O–H groups in total. The van der Waals surface area contributed by atoms with Crippen LogP contribution in [0.3, 0.4) is 0 Å². The summed E-state index contributed by atoms with van der Waals surface area (Å²) in [7, 11) is 0. The third kappa shape index (κ3) is 3.64. The number of para-hydroxylation sites is 1. The molecule has 0 saturated carbocycles. The lowest BCUT2D eigenvalue weighted by atomic mass is 10.1. The fraction of sp³-hybridized carbons (Fsp3) is 0.312. The predicted octanol–water partition coefficient (Wildman–Crippen LogP) is 5.29. The first-order chi connectivity index (χ1) is 10.3. The maximum atomic E-state index is 6.08. The third-order valence-corrected chi connectivity index (χ3v) is 5.70. The molecule has 110 valence electrons. The van der Waals surface area contributed by atoms with E-state index < -0.39 is 0 Å². The summed E-state index contributed by atoms with van der Waals surface area (Å²) in [4.78, 5) is 6.03. The Balaban J connectivity index is 1.83. The monoisotopic (exact) mass is 336 g/mol. The fourth-order valence-corrected chi connectivity index (χ4v) is 4.44. The number of hydrogen-bond donors (Lipinski definition) is 1. The number of halogens is 1. The molecule has 1 aromatic carbocycles. The molecule has 3 rings (SSSR count). The van der Waals surface area contributed by atoms with Gasteiger partial charge in [0.05, 0.1) is 19.6 Å². The topological polar surface area (TPSA) is 24.9 Å². The van der Waals surface area contributed by atoms with E-state index in [2.05, 4.69) is 36.5 Å². The molecule has 0 fully saturated rings. The molecular formula is C16H17ClN2S2. The summed E-state index contributed by atoms with van der Waals surface area (Å²) < 4.78 is 2.10. The molecule has 0 aliphatic heterocycles. The minimum Gasteiger partial charge on any atom is -0.309 e. The van der Waals surface area contributed by atoms with E-state index in [0.717, 1.165) is 29.2 Å². The Bertz CT molecular complexity index is 687. The summed E-state index contributed by atoms with van der Waals surface area (Å²) in [5, 5.41) is 4.79. The standard InChI is InChI=1S/C16H17ClN2S2/c1-2-9-18-12(14-7-8-15(17)20-14)10-16-19-11-5-3-4-6-13(11)21-16/h3-8,12,18H,2,9-10H2,1H3. The van der Waals surface area contributed by atoms with Gasteiger partial charge in [-0.05, 0) is 37.2 Å². The number of nitrogens with one attached hydrogen (secondary N) is 1. The van der Waals surface area contributed by atoms with Crippen molar-refractivity contribution >= 4 is 44.5 Å². The van der Waals surface area contributed by atoms with Crippen LogP contribution in [0.2, 0.25) is 4.34 Å². The summed E-state index contributed by atoms with van der Waals surface area (Å²) in [6, 6.07) is 12.7. The maximum Gasteiger partial charge on any atom is 0.0957 e. The lowest BCUT2D eigenvalue weighted by Crippen LogP contribution is -2.23. The Labute approximate surface area is 137 Å². The van der Waals surface area contributed by atoms with Gasteiger partial charge in [-0.25, -0.2) is 4.98 Å². The highest BCUT2D eigenvalue weighted by Crippen LogP contribution is 2.31. The Morgan fingerprint density at radius 3 is 2.76 bits per heavy atom. The first kappa shape index (κ1) is 15.0. The number of rotatable bonds is 6. The van der Waals surface area contributed by atoms with Crippen molar-refractivity contribution in [1.29, 1.82) is 0 Å². The third-order valence-electron chi connectivity index (χ3n) is 3.30. The highest BCUT2D eigenvalue weighted by Gasteiger charge is 2.16. The van der Waals surface area contributed by atoms with Crippen LogP contribution in [-0.4, -0.2) is 11.5 Å². The van der Waals surface area contributed by atoms with Crippen molar-refractivity contribution in [3.05, 3.63) is 50.6 Å². The average molecular weight is 337 g/mol. The van der Waals surface area contributed by atoms with Crippen molar-refractivity contribution in [1.82, 2.24) is 10.3 Å². The highest BCUT2D eigenvalue weighted by atomic mass is 35.5. The summed E-state index contributed by atoms with van der Waals surface area (Å²) in [6.45, 7) is 3.19. The van der Waals surface area contributed by atoms with Crippen LogP contribution >= 0.6 is 34.3 Å². The van der Waals surface area contributed by atoms with E-state index in [1.807, 2.05) is 12.1 Å².